The van der Waals surface area contributed by atoms with Gasteiger partial charge in [0.2, 0.25) is 0 Å². The highest BCUT2D eigenvalue weighted by Gasteiger charge is 2.19. The minimum absolute atomic E-state index is 0.0409. The molecule has 0 atom stereocenters. The first-order chi connectivity index (χ1) is 18.5. The summed E-state index contributed by atoms with van der Waals surface area (Å²) in [6.45, 7) is 2.25. The lowest BCUT2D eigenvalue weighted by atomic mass is 10.2. The molecule has 0 bridgehead atoms. The van der Waals surface area contributed by atoms with Gasteiger partial charge in [0.05, 0.1) is 32.8 Å². The van der Waals surface area contributed by atoms with Crippen LogP contribution in [0.3, 0.4) is 0 Å². The first kappa shape index (κ1) is 26.6. The van der Waals surface area contributed by atoms with Gasteiger partial charge in [0, 0.05) is 16.8 Å². The Labute approximate surface area is 224 Å². The van der Waals surface area contributed by atoms with E-state index in [-0.39, 0.29) is 17.4 Å². The predicted octanol–water partition coefficient (Wildman–Crippen LogP) is 4.30. The number of hydrazone groups is 1. The van der Waals surface area contributed by atoms with Gasteiger partial charge in [-0.2, -0.15) is 5.10 Å². The fourth-order valence-corrected chi connectivity index (χ4v) is 4.33. The van der Waals surface area contributed by atoms with Crippen LogP contribution in [-0.2, 0) is 4.79 Å². The number of phenolic OH excluding ortho intramolecular Hbond substituents is 1. The zero-order valence-corrected chi connectivity index (χ0v) is 21.9. The molecule has 0 unspecified atom stereocenters. The average molecular weight is 534 g/mol. The van der Waals surface area contributed by atoms with E-state index >= 15 is 0 Å². The third-order valence-electron chi connectivity index (χ3n) is 5.34. The van der Waals surface area contributed by atoms with Gasteiger partial charge in [-0.3, -0.25) is 9.36 Å². The van der Waals surface area contributed by atoms with E-state index in [9.17, 15) is 9.90 Å². The molecule has 1 amide bonds. The van der Waals surface area contributed by atoms with E-state index in [1.165, 1.54) is 18.0 Å². The van der Waals surface area contributed by atoms with E-state index in [1.807, 2.05) is 54.0 Å². The van der Waals surface area contributed by atoms with Gasteiger partial charge in [0.15, 0.2) is 34.0 Å². The Hall–Kier alpha value is -4.51. The topological polar surface area (TPSA) is 120 Å². The number of nitrogens with zero attached hydrogens (tertiary/aromatic N) is 4. The van der Waals surface area contributed by atoms with Crippen LogP contribution >= 0.6 is 11.8 Å². The average Bonchev–Trinajstić information content (AvgIpc) is 3.38. The Kier molecular flexibility index (Phi) is 8.83. The molecule has 3 aromatic carbocycles. The van der Waals surface area contributed by atoms with Crippen LogP contribution in [0.5, 0.6) is 23.0 Å². The molecule has 4 rings (SSSR count). The zero-order valence-electron chi connectivity index (χ0n) is 21.1. The lowest BCUT2D eigenvalue weighted by Crippen LogP contribution is -2.20. The van der Waals surface area contributed by atoms with E-state index in [0.29, 0.717) is 40.4 Å². The van der Waals surface area contributed by atoms with Crippen molar-refractivity contribution in [1.29, 1.82) is 0 Å². The molecule has 0 fully saturated rings. The molecule has 0 radical (unpaired) electrons. The van der Waals surface area contributed by atoms with E-state index in [0.717, 1.165) is 11.3 Å². The maximum absolute atomic E-state index is 12.5. The van der Waals surface area contributed by atoms with E-state index in [1.54, 1.807) is 38.5 Å². The number of phenols is 1. The molecule has 196 valence electrons. The highest BCUT2D eigenvalue weighted by molar-refractivity contribution is 7.99. The van der Waals surface area contributed by atoms with Crippen LogP contribution < -0.4 is 19.6 Å². The molecule has 11 heteroatoms. The smallest absolute Gasteiger partial charge is 0.250 e. The number of aromatic hydroxyl groups is 1. The number of hydrogen-bond donors (Lipinski definition) is 2. The summed E-state index contributed by atoms with van der Waals surface area (Å²) < 4.78 is 18.0. The van der Waals surface area contributed by atoms with Gasteiger partial charge in [0.1, 0.15) is 0 Å². The molecule has 2 N–H and O–H groups in total. The number of benzene rings is 3. The van der Waals surface area contributed by atoms with E-state index in [4.69, 9.17) is 14.2 Å². The highest BCUT2D eigenvalue weighted by atomic mass is 32.2. The van der Waals surface area contributed by atoms with Crippen molar-refractivity contribution in [1.82, 2.24) is 20.2 Å². The molecule has 1 heterocycles. The summed E-state index contributed by atoms with van der Waals surface area (Å²) in [5, 5.41) is 23.5. The number of hydrogen-bond acceptors (Lipinski definition) is 9. The third-order valence-corrected chi connectivity index (χ3v) is 6.27. The summed E-state index contributed by atoms with van der Waals surface area (Å²) in [5.74, 6) is 1.76. The number of para-hydroxylation sites is 2. The maximum Gasteiger partial charge on any atom is 0.250 e. The van der Waals surface area contributed by atoms with Crippen molar-refractivity contribution in [2.24, 2.45) is 5.10 Å². The van der Waals surface area contributed by atoms with Gasteiger partial charge in [-0.1, -0.05) is 36.0 Å². The van der Waals surface area contributed by atoms with E-state index < -0.39 is 0 Å². The van der Waals surface area contributed by atoms with Crippen molar-refractivity contribution >= 4 is 23.9 Å². The predicted molar refractivity (Wildman–Crippen MR) is 146 cm³/mol. The standard InChI is InChI=1S/C27H27N5O5S/c1-4-37-22-12-8-9-19(25(22)34)16-28-29-24(33)17-38-27-31-30-26(32(27)20-10-6-5-7-11-20)18-13-14-21(35-2)23(15-18)36-3/h5-16,34H,4,17H2,1-3H3,(H,29,33)/b28-16+. The van der Waals surface area contributed by atoms with E-state index in [2.05, 4.69) is 20.7 Å². The summed E-state index contributed by atoms with van der Waals surface area (Å²) in [5.41, 5.74) is 4.51. The summed E-state index contributed by atoms with van der Waals surface area (Å²) in [6.07, 6.45) is 1.36. The quantitative estimate of drug-likeness (QED) is 0.166. The molecular weight excluding hydrogens is 506 g/mol. The second kappa shape index (κ2) is 12.6. The van der Waals surface area contributed by atoms with Crippen molar-refractivity contribution in [3.63, 3.8) is 0 Å². The number of methoxy groups -OCH3 is 2. The molecule has 0 aliphatic carbocycles. The van der Waals surface area contributed by atoms with Crippen molar-refractivity contribution in [3.8, 4) is 40.1 Å². The van der Waals surface area contributed by atoms with Gasteiger partial charge < -0.3 is 19.3 Å². The molecule has 1 aromatic heterocycles. The normalized spacial score (nSPS) is 10.9. The lowest BCUT2D eigenvalue weighted by molar-refractivity contribution is -0.118. The zero-order chi connectivity index (χ0) is 26.9. The number of thioether (sulfide) groups is 1. The number of amides is 1. The van der Waals surface area contributed by atoms with Crippen LogP contribution in [0.4, 0.5) is 0 Å². The largest absolute Gasteiger partial charge is 0.504 e. The lowest BCUT2D eigenvalue weighted by Gasteiger charge is -2.12. The molecule has 10 nitrogen and oxygen atoms in total. The minimum atomic E-state index is -0.345. The number of ether oxygens (including phenoxy) is 3. The molecular formula is C27H27N5O5S. The highest BCUT2D eigenvalue weighted by Crippen LogP contribution is 2.34. The first-order valence-electron chi connectivity index (χ1n) is 11.7. The number of carbonyl (C=O) groups excluding carboxylic acids is 1. The van der Waals surface area contributed by atoms with Gasteiger partial charge in [0.25, 0.3) is 5.91 Å². The van der Waals surface area contributed by atoms with Gasteiger partial charge >= 0.3 is 0 Å². The van der Waals surface area contributed by atoms with Crippen LogP contribution in [0.2, 0.25) is 0 Å². The summed E-state index contributed by atoms with van der Waals surface area (Å²) in [6, 6.07) is 20.2. The first-order valence-corrected chi connectivity index (χ1v) is 12.7. The Bertz CT molecular complexity index is 1420. The fourth-order valence-electron chi connectivity index (χ4n) is 3.59. The fraction of sp³-hybridized carbons (Fsp3) is 0.185. The second-order valence-electron chi connectivity index (χ2n) is 7.76. The van der Waals surface area contributed by atoms with Gasteiger partial charge in [-0.15, -0.1) is 10.2 Å². The van der Waals surface area contributed by atoms with Crippen LogP contribution in [0.1, 0.15) is 12.5 Å². The molecule has 4 aromatic rings. The number of aromatic nitrogens is 3. The van der Waals surface area contributed by atoms with Crippen LogP contribution in [0.15, 0.2) is 77.0 Å². The van der Waals surface area contributed by atoms with Crippen LogP contribution in [-0.4, -0.2) is 58.6 Å². The molecule has 0 spiro atoms. The monoisotopic (exact) mass is 533 g/mol. The summed E-state index contributed by atoms with van der Waals surface area (Å²) in [7, 11) is 3.15. The molecule has 0 saturated carbocycles. The van der Waals surface area contributed by atoms with Gasteiger partial charge in [-0.25, -0.2) is 5.43 Å². The molecule has 0 saturated heterocycles. The van der Waals surface area contributed by atoms with Crippen LogP contribution in [0.25, 0.3) is 17.1 Å². The second-order valence-corrected chi connectivity index (χ2v) is 8.70. The van der Waals surface area contributed by atoms with Gasteiger partial charge in [-0.05, 0) is 49.4 Å². The number of carbonyl (C=O) groups is 1. The Morgan fingerprint density at radius 1 is 1.03 bits per heavy atom. The summed E-state index contributed by atoms with van der Waals surface area (Å²) in [4.78, 5) is 12.5. The Balaban J connectivity index is 1.51. The summed E-state index contributed by atoms with van der Waals surface area (Å²) >= 11 is 1.22. The maximum atomic E-state index is 12.5. The Morgan fingerprint density at radius 3 is 2.55 bits per heavy atom. The van der Waals surface area contributed by atoms with Crippen LogP contribution in [0, 0.1) is 0 Å². The molecule has 0 aliphatic rings. The number of rotatable bonds is 11. The molecule has 38 heavy (non-hydrogen) atoms. The minimum Gasteiger partial charge on any atom is -0.504 e. The number of nitrogens with one attached hydrogen (secondary N) is 1. The molecule has 0 aliphatic heterocycles. The van der Waals surface area contributed by atoms with Crippen molar-refractivity contribution < 1.29 is 24.1 Å². The SMILES string of the molecule is CCOc1cccc(/C=N/NC(=O)CSc2nnc(-c3ccc(OC)c(OC)c3)n2-c2ccccc2)c1O. The van der Waals surface area contributed by atoms with Crippen molar-refractivity contribution in [2.75, 3.05) is 26.6 Å². The van der Waals surface area contributed by atoms with Crippen molar-refractivity contribution in [3.05, 3.63) is 72.3 Å². The Morgan fingerprint density at radius 2 is 1.82 bits per heavy atom. The third kappa shape index (κ3) is 6.06. The van der Waals surface area contributed by atoms with Crippen molar-refractivity contribution in [2.45, 2.75) is 12.1 Å².